The molecule has 11 heterocycles. The van der Waals surface area contributed by atoms with Crippen molar-refractivity contribution in [2.75, 3.05) is 72.7 Å². The summed E-state index contributed by atoms with van der Waals surface area (Å²) in [4.78, 5) is 53.9. The molecule has 0 aromatic carbocycles. The van der Waals surface area contributed by atoms with E-state index in [2.05, 4.69) is 21.3 Å². The van der Waals surface area contributed by atoms with E-state index in [0.717, 1.165) is 27.7 Å². The second-order valence-electron chi connectivity index (χ2n) is 36.4. The molecule has 0 aliphatic carbocycles. The molecule has 0 unspecified atom stereocenters. The summed E-state index contributed by atoms with van der Waals surface area (Å²) >= 11 is 0. The number of hydrogen-bond donors (Lipinski definition) is 37. The number of amides is 4. The van der Waals surface area contributed by atoms with E-state index in [-0.39, 0.29) is 0 Å². The summed E-state index contributed by atoms with van der Waals surface area (Å²) in [6, 6.07) is -8.26. The van der Waals surface area contributed by atoms with E-state index in [1.165, 1.54) is 13.8 Å². The number of hydrogen-bond acceptors (Lipinski definition) is 59. The highest BCUT2D eigenvalue weighted by molar-refractivity contribution is 5.74. The molecule has 4 amide bonds. The van der Waals surface area contributed by atoms with Crippen LogP contribution in [0.2, 0.25) is 0 Å². The Morgan fingerprint density at radius 1 is 0.238 bits per heavy atom. The molecule has 0 saturated carbocycles. The normalized spacial score (nSPS) is 48.3. The summed E-state index contributed by atoms with van der Waals surface area (Å²) in [6.07, 6.45) is -118. The van der Waals surface area contributed by atoms with Crippen molar-refractivity contribution in [3.8, 4) is 0 Å². The van der Waals surface area contributed by atoms with E-state index in [9.17, 15) is 188 Å². The van der Waals surface area contributed by atoms with Gasteiger partial charge >= 0.3 is 0 Å². The van der Waals surface area contributed by atoms with Gasteiger partial charge in [-0.3, -0.25) is 19.2 Å². The lowest BCUT2D eigenvalue weighted by molar-refractivity contribution is -0.392. The van der Waals surface area contributed by atoms with Crippen molar-refractivity contribution in [2.45, 2.75) is 403 Å². The van der Waals surface area contributed by atoms with Crippen LogP contribution in [-0.4, -0.2) is 627 Å². The van der Waals surface area contributed by atoms with Crippen LogP contribution in [-0.2, 0) is 123 Å². The molecule has 0 radical (unpaired) electrons. The van der Waals surface area contributed by atoms with Gasteiger partial charge in [-0.2, -0.15) is 0 Å². The summed E-state index contributed by atoms with van der Waals surface area (Å²) < 4.78 is 133. The predicted octanol–water partition coefficient (Wildman–Crippen LogP) is -24.9. The molecule has 63 nitrogen and oxygen atoms in total. The monoisotopic (exact) mass is 2100 g/mol. The molecule has 11 fully saturated rings. The zero-order valence-electron chi connectivity index (χ0n) is 77.2. The smallest absolute Gasteiger partial charge is 0.217 e. The maximum atomic E-state index is 13.6. The van der Waals surface area contributed by atoms with E-state index in [1.54, 1.807) is 0 Å². The van der Waals surface area contributed by atoms with Crippen molar-refractivity contribution < 1.29 is 292 Å². The standard InChI is InChI=1S/C80H136N4O59/c1-18-39(100)50(111)55(116)74(124-18)140-66-38(84-23(6)97)71(132-32(15-93)63(66)137-76-57(118)52(113)42(103)26(9-87)128-76)123-17-34-48(109)68(142-73-37(83-22(5)96)65(46(107)30(13-91)127-73)139-80-69(54(115)44(105)28(11-89)130-80)143-75-56(117)51(112)40(101)19(2)125-75)60(121)79(134-34)136-62-31(14-92)131-70(35(49(62)110)81-20(3)94)122-16-33-47(108)67(59(120)78(133-33)135-61(25(99)8-86)41(102)24(98)7-85)141-72-36(82-21(4)95)64(45(106)29(12-90)126-72)138-77-58(119)53(114)43(104)27(10-88)129-77/h18-19,24-80,85-93,98-121H,7-17H2,1-6H3,(H,81,94)(H,82,95)(H,83,96)(H,84,97)/t18-,19-,24-,25+,26+,27+,28+,29+,30+,31+,32+,33+,34+,35+,36+,37+,38+,39+,40+,41+,42-,43-,44-,45+,46+,47-,48-,49+,50+,51+,52-,53-,54-,55-,56-,57+,58+,59+,60+,61+,62+,63+,64+,65+,66+,67-,68-,69+,70+,71+,72-,73-,74-,75-,76-,77-,78-,79-,80-/m0/s1. The fourth-order valence-corrected chi connectivity index (χ4v) is 18.3. The first-order valence-electron chi connectivity index (χ1n) is 45.8. The third-order valence-corrected chi connectivity index (χ3v) is 26.2. The number of aliphatic hydroxyl groups excluding tert-OH is 33. The summed E-state index contributed by atoms with van der Waals surface area (Å²) in [7, 11) is 0. The number of nitrogens with one attached hydrogen (secondary N) is 4. The molecule has 37 N–H and O–H groups in total. The average molecular weight is 2100 g/mol. The van der Waals surface area contributed by atoms with Crippen molar-refractivity contribution in [1.29, 1.82) is 0 Å². The van der Waals surface area contributed by atoms with Crippen molar-refractivity contribution >= 4 is 23.6 Å². The fourth-order valence-electron chi connectivity index (χ4n) is 18.3. The highest BCUT2D eigenvalue weighted by Crippen LogP contribution is 2.43. The van der Waals surface area contributed by atoms with Crippen LogP contribution in [0, 0.1) is 0 Å². The van der Waals surface area contributed by atoms with E-state index in [4.69, 9.17) is 104 Å². The van der Waals surface area contributed by atoms with E-state index in [0.29, 0.717) is 0 Å². The number of carbonyl (C=O) groups is 4. The third kappa shape index (κ3) is 26.8. The largest absolute Gasteiger partial charge is 0.394 e. The van der Waals surface area contributed by atoms with Gasteiger partial charge in [-0.15, -0.1) is 0 Å². The first-order valence-corrected chi connectivity index (χ1v) is 45.8. The summed E-state index contributed by atoms with van der Waals surface area (Å²) in [6.45, 7) is -7.29. The third-order valence-electron chi connectivity index (χ3n) is 26.2. The van der Waals surface area contributed by atoms with Gasteiger partial charge in [-0.05, 0) is 13.8 Å². The minimum atomic E-state index is -2.68. The molecule has 59 atom stereocenters. The average Bonchev–Trinajstić information content (AvgIpc) is 0.761. The molecule has 63 heteroatoms. The molecule has 11 rings (SSSR count). The molecule has 830 valence electrons. The van der Waals surface area contributed by atoms with Gasteiger partial charge in [0.1, 0.15) is 281 Å². The Morgan fingerprint density at radius 3 is 0.916 bits per heavy atom. The van der Waals surface area contributed by atoms with Crippen molar-refractivity contribution in [1.82, 2.24) is 21.3 Å². The molecule has 11 aliphatic heterocycles. The molecular formula is C80H136N4O59. The van der Waals surface area contributed by atoms with Crippen LogP contribution in [0.15, 0.2) is 0 Å². The maximum Gasteiger partial charge on any atom is 0.217 e. The fraction of sp³-hybridized carbons (Fsp3) is 0.950. The zero-order chi connectivity index (χ0) is 106. The zero-order valence-corrected chi connectivity index (χ0v) is 77.2. The quantitative estimate of drug-likeness (QED) is 0.0271. The van der Waals surface area contributed by atoms with Crippen molar-refractivity contribution in [3.63, 3.8) is 0 Å². The van der Waals surface area contributed by atoms with Crippen LogP contribution in [0.25, 0.3) is 0 Å². The summed E-state index contributed by atoms with van der Waals surface area (Å²) in [5.74, 6) is -4.17. The van der Waals surface area contributed by atoms with Gasteiger partial charge in [0.2, 0.25) is 23.6 Å². The van der Waals surface area contributed by atoms with Crippen LogP contribution < -0.4 is 21.3 Å². The van der Waals surface area contributed by atoms with Crippen LogP contribution in [0.4, 0.5) is 0 Å². The van der Waals surface area contributed by atoms with Gasteiger partial charge in [0.05, 0.1) is 84.9 Å². The topological polar surface area (TPSA) is 987 Å². The Balaban J connectivity index is 0.948. The highest BCUT2D eigenvalue weighted by atomic mass is 16.8. The molecule has 143 heavy (non-hydrogen) atoms. The van der Waals surface area contributed by atoms with Crippen molar-refractivity contribution in [2.24, 2.45) is 0 Å². The van der Waals surface area contributed by atoms with E-state index < -0.39 is 458 Å². The second kappa shape index (κ2) is 52.3. The maximum absolute atomic E-state index is 13.6. The van der Waals surface area contributed by atoms with Crippen LogP contribution >= 0.6 is 0 Å². The Bertz CT molecular complexity index is 3900. The molecule has 11 saturated heterocycles. The van der Waals surface area contributed by atoms with Gasteiger partial charge < -0.3 is 294 Å². The molecule has 11 aliphatic rings. The Morgan fingerprint density at radius 2 is 0.510 bits per heavy atom. The summed E-state index contributed by atoms with van der Waals surface area (Å²) in [5, 5.41) is 378. The van der Waals surface area contributed by atoms with Gasteiger partial charge in [-0.1, -0.05) is 0 Å². The minimum absolute atomic E-state index is 0.863. The van der Waals surface area contributed by atoms with Gasteiger partial charge in [-0.25, -0.2) is 0 Å². The molecular weight excluding hydrogens is 1960 g/mol. The van der Waals surface area contributed by atoms with Crippen LogP contribution in [0.3, 0.4) is 0 Å². The van der Waals surface area contributed by atoms with Crippen molar-refractivity contribution in [3.05, 3.63) is 0 Å². The lowest BCUT2D eigenvalue weighted by Crippen LogP contribution is -2.71. The predicted molar refractivity (Wildman–Crippen MR) is 441 cm³/mol. The molecule has 0 bridgehead atoms. The molecule has 0 spiro atoms. The van der Waals surface area contributed by atoms with Gasteiger partial charge in [0, 0.05) is 27.7 Å². The van der Waals surface area contributed by atoms with Gasteiger partial charge in [0.25, 0.3) is 0 Å². The lowest BCUT2D eigenvalue weighted by atomic mass is 9.93. The first-order chi connectivity index (χ1) is 67.6. The second-order valence-corrected chi connectivity index (χ2v) is 36.4. The van der Waals surface area contributed by atoms with Crippen LogP contribution in [0.5, 0.6) is 0 Å². The Labute approximate surface area is 810 Å². The Hall–Kier alpha value is -4.32. The number of carbonyl (C=O) groups excluding carboxylic acids is 4. The first kappa shape index (κ1) is 119. The molecule has 0 aromatic rings. The molecule has 0 aromatic heterocycles. The lowest BCUT2D eigenvalue weighted by Gasteiger charge is -2.51. The number of ether oxygens (including phenoxy) is 22. The van der Waals surface area contributed by atoms with E-state index >= 15 is 0 Å². The minimum Gasteiger partial charge on any atom is -0.394 e. The Kier molecular flexibility index (Phi) is 43.5. The number of rotatable bonds is 40. The number of aliphatic hydroxyl groups is 33. The van der Waals surface area contributed by atoms with Gasteiger partial charge in [0.15, 0.2) is 69.2 Å². The SMILES string of the molecule is CC(=O)N[C@H]1[C@H](OC[C@H]2O[C@@H](O[C@@H]([C@H](O)[C@@H](O)CO)[C@H](O)CO)[C@H](O)[C@@H](O[C@@H]3O[C@H](CO)[C@@H](O)[C@H](O[C@@H]4O[C@H](CO)[C@H](O)[C@H](O)[C@H]4O)[C@H]3NC(C)=O)[C@H]2O)O[C@H](CO)[C@@H](O[C@@H]2O[C@H](CO[C@@H]3O[C@H](CO)[C@@H](O[C@@H]4O[C@H](CO)[C@H](O)[C@H](O)[C@H]4O)[C@H](O[C@@H]4O[C@@H](C)[C@@H](O)[C@@H](O)[C@@H]4O)[C@H]3NC(C)=O)[C@H](O)[C@H](O[C@@H]3O[C@H](CO)[C@@H](O)[C@H](O[C@@H]4O[C@H](CO)[C@H](O)[C@H](O)[C@H]4O[C@@H]4O[C@@H](C)[C@@H](O)[C@@H](O)[C@@H]4O)[C@H]3NC(C)=O)[C@H]2O)[C@@H]1O. The highest BCUT2D eigenvalue weighted by Gasteiger charge is 2.63. The van der Waals surface area contributed by atoms with Crippen LogP contribution in [0.1, 0.15) is 41.5 Å². The van der Waals surface area contributed by atoms with E-state index in [1.807, 2.05) is 0 Å². The summed E-state index contributed by atoms with van der Waals surface area (Å²) in [5.41, 5.74) is 0.